The van der Waals surface area contributed by atoms with Gasteiger partial charge in [0.05, 0.1) is 32.5 Å². The van der Waals surface area contributed by atoms with Crippen LogP contribution in [0.3, 0.4) is 0 Å². The Labute approximate surface area is 378 Å². The summed E-state index contributed by atoms with van der Waals surface area (Å²) in [6, 6.07) is 82.2. The van der Waals surface area contributed by atoms with E-state index in [1.165, 1.54) is 103 Å². The molecular formula is C61H37N3S. The number of rotatable bonds is 5. The van der Waals surface area contributed by atoms with Gasteiger partial charge in [-0.25, -0.2) is 4.98 Å². The van der Waals surface area contributed by atoms with Gasteiger partial charge in [0.1, 0.15) is 0 Å². The van der Waals surface area contributed by atoms with Crippen LogP contribution >= 0.6 is 11.3 Å². The molecule has 0 aliphatic heterocycles. The lowest BCUT2D eigenvalue weighted by molar-refractivity contribution is 1.18. The van der Waals surface area contributed by atoms with Crippen LogP contribution in [0, 0.1) is 0 Å². The van der Waals surface area contributed by atoms with Gasteiger partial charge in [0.15, 0.2) is 5.65 Å². The summed E-state index contributed by atoms with van der Waals surface area (Å²) in [5, 5.41) is 9.95. The number of fused-ring (bicyclic) bond motifs is 12. The minimum absolute atomic E-state index is 1.01. The Morgan fingerprint density at radius 2 is 0.923 bits per heavy atom. The number of hydrogen-bond donors (Lipinski definition) is 0. The summed E-state index contributed by atoms with van der Waals surface area (Å²) in [4.78, 5) is 5.33. The minimum atomic E-state index is 1.01. The first kappa shape index (κ1) is 36.2. The molecule has 4 aromatic heterocycles. The fourth-order valence-electron chi connectivity index (χ4n) is 10.4. The van der Waals surface area contributed by atoms with Crippen LogP contribution in [0.15, 0.2) is 224 Å². The lowest BCUT2D eigenvalue weighted by Gasteiger charge is -2.14. The standard InChI is InChI=1S/C61H37N3S/c1-2-14-45(15-3-1)63-55-20-10-8-18-50(55)51-31-30-44(35-57(51)63)38-22-24-39(25-23-38)46-32-33-47(49-17-7-6-16-48(46)49)40-26-28-41(29-27-40)56-37-53-52-19-9-11-21-59(52)65-60(53)61-62-54-34-42-12-4-5-13-43(42)36-58(54)64(56)61/h1-37H. The number of imidazole rings is 1. The summed E-state index contributed by atoms with van der Waals surface area (Å²) < 4.78 is 7.27. The Morgan fingerprint density at radius 3 is 1.66 bits per heavy atom. The Morgan fingerprint density at radius 1 is 0.354 bits per heavy atom. The Balaban J connectivity index is 0.846. The molecule has 14 aromatic rings. The van der Waals surface area contributed by atoms with Gasteiger partial charge in [0.25, 0.3) is 0 Å². The zero-order valence-corrected chi connectivity index (χ0v) is 35.9. The highest BCUT2D eigenvalue weighted by atomic mass is 32.1. The van der Waals surface area contributed by atoms with E-state index in [1.54, 1.807) is 0 Å². The highest BCUT2D eigenvalue weighted by Crippen LogP contribution is 2.43. The number of aromatic nitrogens is 3. The quantitative estimate of drug-likeness (QED) is 0.169. The van der Waals surface area contributed by atoms with Gasteiger partial charge in [-0.3, -0.25) is 4.40 Å². The number of hydrogen-bond acceptors (Lipinski definition) is 2. The second-order valence-corrected chi connectivity index (χ2v) is 18.2. The first-order valence-corrected chi connectivity index (χ1v) is 23.0. The third-order valence-electron chi connectivity index (χ3n) is 13.5. The van der Waals surface area contributed by atoms with E-state index >= 15 is 0 Å². The molecule has 0 saturated heterocycles. The highest BCUT2D eigenvalue weighted by molar-refractivity contribution is 7.26. The van der Waals surface area contributed by atoms with Gasteiger partial charge in [-0.2, -0.15) is 0 Å². The Kier molecular flexibility index (Phi) is 7.85. The van der Waals surface area contributed by atoms with E-state index in [-0.39, 0.29) is 0 Å². The number of benzene rings is 10. The third kappa shape index (κ3) is 5.58. The van der Waals surface area contributed by atoms with Crippen LogP contribution in [-0.2, 0) is 0 Å². The van der Waals surface area contributed by atoms with Crippen molar-refractivity contribution in [1.29, 1.82) is 0 Å². The molecule has 0 unspecified atom stereocenters. The van der Waals surface area contributed by atoms with Crippen molar-refractivity contribution in [3.63, 3.8) is 0 Å². The van der Waals surface area contributed by atoms with Crippen LogP contribution in [0.1, 0.15) is 0 Å². The Bertz CT molecular complexity index is 4200. The summed E-state index contributed by atoms with van der Waals surface area (Å²) >= 11 is 1.83. The largest absolute Gasteiger partial charge is 0.309 e. The fourth-order valence-corrected chi connectivity index (χ4v) is 11.6. The zero-order valence-electron chi connectivity index (χ0n) is 35.1. The van der Waals surface area contributed by atoms with Gasteiger partial charge < -0.3 is 4.57 Å². The van der Waals surface area contributed by atoms with Crippen LogP contribution in [0.4, 0.5) is 0 Å². The molecule has 0 N–H and O–H groups in total. The minimum Gasteiger partial charge on any atom is -0.309 e. The molecule has 0 radical (unpaired) electrons. The van der Waals surface area contributed by atoms with Crippen molar-refractivity contribution in [1.82, 2.24) is 14.0 Å². The zero-order chi connectivity index (χ0) is 42.6. The molecular weight excluding hydrogens is 807 g/mol. The molecule has 0 amide bonds. The topological polar surface area (TPSA) is 22.2 Å². The average Bonchev–Trinajstić information content (AvgIpc) is 4.05. The monoisotopic (exact) mass is 843 g/mol. The van der Waals surface area contributed by atoms with Gasteiger partial charge >= 0.3 is 0 Å². The molecule has 3 nitrogen and oxygen atoms in total. The van der Waals surface area contributed by atoms with Gasteiger partial charge in [0.2, 0.25) is 0 Å². The second kappa shape index (κ2) is 14.1. The molecule has 0 fully saturated rings. The SMILES string of the molecule is c1ccc(-n2c3ccccc3c3ccc(-c4ccc(-c5ccc(-c6ccc(-c7cc8c9ccccc9sc8c8nc9cc%10ccccc%10cc9n78)cc6)c6ccccc56)cc4)cc32)cc1. The molecule has 65 heavy (non-hydrogen) atoms. The maximum atomic E-state index is 5.33. The van der Waals surface area contributed by atoms with Crippen molar-refractivity contribution in [3.8, 4) is 50.3 Å². The van der Waals surface area contributed by atoms with Gasteiger partial charge in [-0.05, 0) is 109 Å². The summed E-state index contributed by atoms with van der Waals surface area (Å²) in [6.45, 7) is 0. The lowest BCUT2D eigenvalue weighted by Crippen LogP contribution is -1.93. The van der Waals surface area contributed by atoms with Gasteiger partial charge in [0, 0.05) is 31.9 Å². The molecule has 10 aromatic carbocycles. The number of thiophene rings is 1. The fraction of sp³-hybridized carbons (Fsp3) is 0. The van der Waals surface area contributed by atoms with E-state index in [0.29, 0.717) is 0 Å². The van der Waals surface area contributed by atoms with E-state index in [9.17, 15) is 0 Å². The highest BCUT2D eigenvalue weighted by Gasteiger charge is 2.19. The normalized spacial score (nSPS) is 12.0. The molecule has 0 spiro atoms. The molecule has 0 atom stereocenters. The van der Waals surface area contributed by atoms with Crippen molar-refractivity contribution in [2.24, 2.45) is 0 Å². The van der Waals surface area contributed by atoms with Crippen molar-refractivity contribution < 1.29 is 0 Å². The van der Waals surface area contributed by atoms with Crippen LogP contribution < -0.4 is 0 Å². The summed E-state index contributed by atoms with van der Waals surface area (Å²) in [5.41, 5.74) is 16.3. The molecule has 0 saturated carbocycles. The predicted octanol–water partition coefficient (Wildman–Crippen LogP) is 16.9. The van der Waals surface area contributed by atoms with Crippen molar-refractivity contribution >= 4 is 91.5 Å². The molecule has 302 valence electrons. The summed E-state index contributed by atoms with van der Waals surface area (Å²) in [7, 11) is 0. The number of nitrogens with zero attached hydrogens (tertiary/aromatic N) is 3. The number of pyridine rings is 1. The molecule has 0 aliphatic carbocycles. The Hall–Kier alpha value is -8.31. The summed E-state index contributed by atoms with van der Waals surface area (Å²) in [6.07, 6.45) is 0. The van der Waals surface area contributed by atoms with Crippen LogP contribution in [-0.4, -0.2) is 14.0 Å². The maximum Gasteiger partial charge on any atom is 0.156 e. The van der Waals surface area contributed by atoms with Crippen LogP contribution in [0.5, 0.6) is 0 Å². The molecule has 4 heteroatoms. The first-order valence-electron chi connectivity index (χ1n) is 22.2. The predicted molar refractivity (Wildman–Crippen MR) is 277 cm³/mol. The van der Waals surface area contributed by atoms with Crippen molar-refractivity contribution in [2.75, 3.05) is 0 Å². The van der Waals surface area contributed by atoms with E-state index in [2.05, 4.69) is 233 Å². The van der Waals surface area contributed by atoms with Crippen LogP contribution in [0.2, 0.25) is 0 Å². The molecule has 0 aliphatic rings. The van der Waals surface area contributed by atoms with E-state index in [1.807, 2.05) is 11.3 Å². The van der Waals surface area contributed by atoms with Crippen molar-refractivity contribution in [3.05, 3.63) is 224 Å². The van der Waals surface area contributed by atoms with E-state index in [0.717, 1.165) is 27.9 Å². The van der Waals surface area contributed by atoms with E-state index < -0.39 is 0 Å². The smallest absolute Gasteiger partial charge is 0.156 e. The van der Waals surface area contributed by atoms with Crippen LogP contribution in [0.25, 0.3) is 131 Å². The van der Waals surface area contributed by atoms with Gasteiger partial charge in [-0.15, -0.1) is 11.3 Å². The van der Waals surface area contributed by atoms with Gasteiger partial charge in [-0.1, -0.05) is 176 Å². The third-order valence-corrected chi connectivity index (χ3v) is 14.7. The molecule has 4 heterocycles. The lowest BCUT2D eigenvalue weighted by atomic mass is 9.91. The molecule has 0 bridgehead atoms. The summed E-state index contributed by atoms with van der Waals surface area (Å²) in [5.74, 6) is 0. The van der Waals surface area contributed by atoms with E-state index in [4.69, 9.17) is 4.98 Å². The van der Waals surface area contributed by atoms with Crippen molar-refractivity contribution in [2.45, 2.75) is 0 Å². The number of para-hydroxylation sites is 2. The maximum absolute atomic E-state index is 5.33. The molecule has 14 rings (SSSR count). The first-order chi connectivity index (χ1) is 32.2. The second-order valence-electron chi connectivity index (χ2n) is 17.1. The average molecular weight is 844 g/mol.